The Morgan fingerprint density at radius 2 is 1.10 bits per heavy atom. The summed E-state index contributed by atoms with van der Waals surface area (Å²) in [6.07, 6.45) is 9.06. The van der Waals surface area contributed by atoms with Crippen LogP contribution in [0.3, 0.4) is 0 Å². The Balaban J connectivity index is 2.04. The lowest BCUT2D eigenvalue weighted by Gasteiger charge is -2.11. The molecule has 0 heteroatoms. The van der Waals surface area contributed by atoms with Crippen LogP contribution >= 0.6 is 0 Å². The summed E-state index contributed by atoms with van der Waals surface area (Å²) in [7, 11) is 0. The van der Waals surface area contributed by atoms with E-state index < -0.39 is 0 Å². The van der Waals surface area contributed by atoms with Crippen molar-refractivity contribution in [2.45, 2.75) is 6.92 Å². The zero-order valence-corrected chi connectivity index (χ0v) is 11.5. The maximum Gasteiger partial charge on any atom is -0.00266 e. The van der Waals surface area contributed by atoms with Gasteiger partial charge in [0.15, 0.2) is 0 Å². The molecule has 0 aliphatic heterocycles. The molecule has 0 atom stereocenters. The van der Waals surface area contributed by atoms with Crippen molar-refractivity contribution in [2.24, 2.45) is 5.92 Å². The van der Waals surface area contributed by atoms with E-state index in [1.165, 1.54) is 33.4 Å². The molecule has 0 fully saturated rings. The Kier molecular flexibility index (Phi) is 2.50. The fourth-order valence-electron chi connectivity index (χ4n) is 3.13. The Labute approximate surface area is 119 Å². The summed E-state index contributed by atoms with van der Waals surface area (Å²) < 4.78 is 0. The summed E-state index contributed by atoms with van der Waals surface area (Å²) in [4.78, 5) is 0. The molecule has 2 aromatic carbocycles. The molecule has 0 bridgehead atoms. The van der Waals surface area contributed by atoms with Gasteiger partial charge < -0.3 is 0 Å². The molecule has 0 aromatic heterocycles. The van der Waals surface area contributed by atoms with Crippen LogP contribution in [-0.2, 0) is 0 Å². The van der Waals surface area contributed by atoms with Crippen LogP contribution < -0.4 is 0 Å². The summed E-state index contributed by atoms with van der Waals surface area (Å²) in [6, 6.07) is 17.4. The Morgan fingerprint density at radius 3 is 1.60 bits per heavy atom. The fraction of sp³-hybridized carbons (Fsp3) is 0.100. The van der Waals surface area contributed by atoms with Crippen LogP contribution in [0.5, 0.6) is 0 Å². The maximum absolute atomic E-state index is 2.27. The molecule has 0 N–H and O–H groups in total. The van der Waals surface area contributed by atoms with Crippen molar-refractivity contribution < 1.29 is 0 Å². The first kappa shape index (κ1) is 11.5. The van der Waals surface area contributed by atoms with Crippen molar-refractivity contribution in [3.63, 3.8) is 0 Å². The first-order valence-electron chi connectivity index (χ1n) is 7.14. The number of fused-ring (bicyclic) bond motifs is 3. The highest BCUT2D eigenvalue weighted by Gasteiger charge is 2.24. The van der Waals surface area contributed by atoms with E-state index in [0.717, 1.165) is 0 Å². The Hall–Kier alpha value is -2.34. The van der Waals surface area contributed by atoms with Crippen molar-refractivity contribution in [2.75, 3.05) is 0 Å². The SMILES string of the molecule is CC1C=CC(=C2c3ccccc3-c3ccccc32)C=C1. The van der Waals surface area contributed by atoms with Gasteiger partial charge in [-0.05, 0) is 39.3 Å². The van der Waals surface area contributed by atoms with Gasteiger partial charge in [-0.3, -0.25) is 0 Å². The zero-order valence-electron chi connectivity index (χ0n) is 11.5. The molecular weight excluding hydrogens is 240 g/mol. The van der Waals surface area contributed by atoms with Gasteiger partial charge in [0.05, 0.1) is 0 Å². The minimum atomic E-state index is 0.534. The lowest BCUT2D eigenvalue weighted by atomic mass is 9.93. The van der Waals surface area contributed by atoms with E-state index >= 15 is 0 Å². The van der Waals surface area contributed by atoms with Gasteiger partial charge in [-0.2, -0.15) is 0 Å². The van der Waals surface area contributed by atoms with Crippen LogP contribution in [-0.4, -0.2) is 0 Å². The lowest BCUT2D eigenvalue weighted by molar-refractivity contribution is 0.929. The second-order valence-corrected chi connectivity index (χ2v) is 5.50. The van der Waals surface area contributed by atoms with Crippen LogP contribution in [0.15, 0.2) is 78.4 Å². The molecule has 0 spiro atoms. The first-order chi connectivity index (χ1) is 9.84. The van der Waals surface area contributed by atoms with E-state index in [2.05, 4.69) is 79.8 Å². The minimum Gasteiger partial charge on any atom is -0.0773 e. The molecule has 96 valence electrons. The molecule has 0 saturated heterocycles. The average Bonchev–Trinajstić information content (AvgIpc) is 2.83. The Morgan fingerprint density at radius 1 is 0.650 bits per heavy atom. The van der Waals surface area contributed by atoms with Crippen molar-refractivity contribution in [3.05, 3.63) is 89.5 Å². The molecular formula is C20H16. The largest absolute Gasteiger partial charge is 0.0773 e. The second kappa shape index (κ2) is 4.35. The van der Waals surface area contributed by atoms with E-state index in [4.69, 9.17) is 0 Å². The molecule has 20 heavy (non-hydrogen) atoms. The molecule has 0 amide bonds. The van der Waals surface area contributed by atoms with Crippen molar-refractivity contribution >= 4 is 5.57 Å². The van der Waals surface area contributed by atoms with Crippen molar-refractivity contribution in [1.29, 1.82) is 0 Å². The van der Waals surface area contributed by atoms with Crippen LogP contribution in [0, 0.1) is 5.92 Å². The van der Waals surface area contributed by atoms with E-state index in [-0.39, 0.29) is 0 Å². The van der Waals surface area contributed by atoms with Gasteiger partial charge >= 0.3 is 0 Å². The standard InChI is InChI=1S/C20H16/c1-14-10-12-15(13-11-14)20-18-8-4-2-6-16(18)17-7-3-5-9-19(17)20/h2-14H,1H3. The summed E-state index contributed by atoms with van der Waals surface area (Å²) in [5.74, 6) is 0.534. The summed E-state index contributed by atoms with van der Waals surface area (Å²) in [5, 5.41) is 0. The zero-order chi connectivity index (χ0) is 13.5. The number of benzene rings is 2. The monoisotopic (exact) mass is 256 g/mol. The summed E-state index contributed by atoms with van der Waals surface area (Å²) in [6.45, 7) is 2.21. The van der Waals surface area contributed by atoms with Crippen molar-refractivity contribution in [1.82, 2.24) is 0 Å². The van der Waals surface area contributed by atoms with Gasteiger partial charge in [0, 0.05) is 0 Å². The van der Waals surface area contributed by atoms with Crippen molar-refractivity contribution in [3.8, 4) is 11.1 Å². The van der Waals surface area contributed by atoms with Crippen LogP contribution in [0.2, 0.25) is 0 Å². The third-order valence-electron chi connectivity index (χ3n) is 4.13. The molecule has 0 radical (unpaired) electrons. The van der Waals surface area contributed by atoms with Gasteiger partial charge in [0.25, 0.3) is 0 Å². The number of hydrogen-bond acceptors (Lipinski definition) is 0. The predicted octanol–water partition coefficient (Wildman–Crippen LogP) is 5.23. The van der Waals surface area contributed by atoms with Gasteiger partial charge in [0.1, 0.15) is 0 Å². The van der Waals surface area contributed by atoms with Gasteiger partial charge in [0.2, 0.25) is 0 Å². The normalized spacial score (nSPS) is 19.1. The number of hydrogen-bond donors (Lipinski definition) is 0. The number of rotatable bonds is 0. The fourth-order valence-corrected chi connectivity index (χ4v) is 3.13. The van der Waals surface area contributed by atoms with Crippen LogP contribution in [0.1, 0.15) is 18.1 Å². The predicted molar refractivity (Wildman–Crippen MR) is 85.3 cm³/mol. The third-order valence-corrected chi connectivity index (χ3v) is 4.13. The van der Waals surface area contributed by atoms with Gasteiger partial charge in [-0.25, -0.2) is 0 Å². The summed E-state index contributed by atoms with van der Waals surface area (Å²) in [5.41, 5.74) is 8.10. The van der Waals surface area contributed by atoms with E-state index in [1.807, 2.05) is 0 Å². The molecule has 4 rings (SSSR count). The van der Waals surface area contributed by atoms with Gasteiger partial charge in [-0.1, -0.05) is 79.8 Å². The van der Waals surface area contributed by atoms with E-state index in [9.17, 15) is 0 Å². The molecule has 0 heterocycles. The van der Waals surface area contributed by atoms with E-state index in [1.54, 1.807) is 0 Å². The molecule has 2 aromatic rings. The first-order valence-corrected chi connectivity index (χ1v) is 7.14. The lowest BCUT2D eigenvalue weighted by Crippen LogP contribution is -1.93. The molecule has 2 aliphatic rings. The molecule has 0 nitrogen and oxygen atoms in total. The number of allylic oxidation sites excluding steroid dienone is 5. The third kappa shape index (κ3) is 1.61. The highest BCUT2D eigenvalue weighted by atomic mass is 14.3. The maximum atomic E-state index is 2.27. The van der Waals surface area contributed by atoms with E-state index in [0.29, 0.717) is 5.92 Å². The summed E-state index contributed by atoms with van der Waals surface area (Å²) >= 11 is 0. The smallest absolute Gasteiger partial charge is 0.00266 e. The molecule has 2 aliphatic carbocycles. The quantitative estimate of drug-likeness (QED) is 0.516. The second-order valence-electron chi connectivity index (χ2n) is 5.50. The molecule has 0 unspecified atom stereocenters. The Bertz CT molecular complexity index is 709. The molecule has 0 saturated carbocycles. The highest BCUT2D eigenvalue weighted by Crippen LogP contribution is 2.46. The van der Waals surface area contributed by atoms with Gasteiger partial charge in [-0.15, -0.1) is 0 Å². The topological polar surface area (TPSA) is 0 Å². The van der Waals surface area contributed by atoms with Crippen LogP contribution in [0.25, 0.3) is 16.7 Å². The van der Waals surface area contributed by atoms with Crippen LogP contribution in [0.4, 0.5) is 0 Å². The minimum absolute atomic E-state index is 0.534. The highest BCUT2D eigenvalue weighted by molar-refractivity contribution is 6.03. The average molecular weight is 256 g/mol.